The normalized spacial score (nSPS) is 14.8. The molecule has 1 fully saturated rings. The van der Waals surface area contributed by atoms with Gasteiger partial charge in [0.1, 0.15) is 4.70 Å². The molecule has 1 saturated carbocycles. The van der Waals surface area contributed by atoms with Gasteiger partial charge in [0.25, 0.3) is 5.56 Å². The van der Waals surface area contributed by atoms with Gasteiger partial charge in [0.05, 0.1) is 11.8 Å². The van der Waals surface area contributed by atoms with Crippen molar-refractivity contribution >= 4 is 21.6 Å². The van der Waals surface area contributed by atoms with Gasteiger partial charge in [-0.15, -0.1) is 11.3 Å². The lowest BCUT2D eigenvalue weighted by Crippen LogP contribution is -2.03. The number of nitrogens with zero attached hydrogens (tertiary/aromatic N) is 1. The van der Waals surface area contributed by atoms with Gasteiger partial charge in [-0.2, -0.15) is 0 Å². The second-order valence-electron chi connectivity index (χ2n) is 3.37. The van der Waals surface area contributed by atoms with E-state index in [4.69, 9.17) is 0 Å². The third-order valence-corrected chi connectivity index (χ3v) is 3.39. The standard InChI is InChI=1S/C9H8N2OS.C2H6/c12-9-8-7(10-4-11-9)6(3-13-8)5-1-2-5;1-2/h3-5H,1-2H2,(H,10,11,12);1-2H3. The number of fused-ring (bicyclic) bond motifs is 1. The van der Waals surface area contributed by atoms with Crippen LogP contribution in [-0.4, -0.2) is 9.97 Å². The van der Waals surface area contributed by atoms with E-state index in [-0.39, 0.29) is 5.56 Å². The van der Waals surface area contributed by atoms with Gasteiger partial charge in [-0.3, -0.25) is 4.79 Å². The molecule has 0 bridgehead atoms. The number of aromatic nitrogens is 2. The predicted octanol–water partition coefficient (Wildman–Crippen LogP) is 2.89. The number of hydrogen-bond acceptors (Lipinski definition) is 3. The lowest BCUT2D eigenvalue weighted by Gasteiger charge is -1.91. The van der Waals surface area contributed by atoms with Crippen LogP contribution in [0, 0.1) is 0 Å². The first-order valence-corrected chi connectivity index (χ1v) is 6.19. The van der Waals surface area contributed by atoms with Crippen LogP contribution in [-0.2, 0) is 0 Å². The molecule has 1 N–H and O–H groups in total. The summed E-state index contributed by atoms with van der Waals surface area (Å²) in [5, 5.41) is 2.07. The van der Waals surface area contributed by atoms with Crippen molar-refractivity contribution < 1.29 is 0 Å². The van der Waals surface area contributed by atoms with E-state index >= 15 is 0 Å². The molecule has 1 aliphatic carbocycles. The number of H-pyrrole nitrogens is 1. The molecular formula is C11H14N2OS. The maximum Gasteiger partial charge on any atom is 0.268 e. The molecule has 0 atom stereocenters. The molecule has 0 spiro atoms. The van der Waals surface area contributed by atoms with Crippen molar-refractivity contribution in [2.45, 2.75) is 32.6 Å². The largest absolute Gasteiger partial charge is 0.312 e. The molecule has 0 saturated heterocycles. The van der Waals surface area contributed by atoms with Gasteiger partial charge in [0, 0.05) is 0 Å². The van der Waals surface area contributed by atoms with Crippen molar-refractivity contribution in [1.29, 1.82) is 0 Å². The van der Waals surface area contributed by atoms with E-state index in [1.807, 2.05) is 13.8 Å². The molecule has 0 aromatic carbocycles. The zero-order valence-corrected chi connectivity index (χ0v) is 9.73. The Kier molecular flexibility index (Phi) is 2.86. The van der Waals surface area contributed by atoms with E-state index in [1.54, 1.807) is 0 Å². The Morgan fingerprint density at radius 2 is 2.20 bits per heavy atom. The first kappa shape index (κ1) is 10.4. The van der Waals surface area contributed by atoms with Gasteiger partial charge in [-0.1, -0.05) is 13.8 Å². The van der Waals surface area contributed by atoms with Crippen LogP contribution in [0.5, 0.6) is 0 Å². The summed E-state index contributed by atoms with van der Waals surface area (Å²) >= 11 is 1.50. The highest BCUT2D eigenvalue weighted by molar-refractivity contribution is 7.17. The molecule has 80 valence electrons. The fraction of sp³-hybridized carbons (Fsp3) is 0.455. The summed E-state index contributed by atoms with van der Waals surface area (Å²) < 4.78 is 0.768. The quantitative estimate of drug-likeness (QED) is 0.806. The van der Waals surface area contributed by atoms with Crippen LogP contribution in [0.4, 0.5) is 0 Å². The van der Waals surface area contributed by atoms with Gasteiger partial charge < -0.3 is 4.98 Å². The minimum atomic E-state index is -0.0121. The molecule has 0 radical (unpaired) electrons. The summed E-state index contributed by atoms with van der Waals surface area (Å²) in [6.07, 6.45) is 3.99. The predicted molar refractivity (Wildman–Crippen MR) is 63.6 cm³/mol. The van der Waals surface area contributed by atoms with Crippen molar-refractivity contribution in [2.75, 3.05) is 0 Å². The first-order valence-electron chi connectivity index (χ1n) is 5.31. The van der Waals surface area contributed by atoms with E-state index in [0.29, 0.717) is 5.92 Å². The van der Waals surface area contributed by atoms with Crippen LogP contribution >= 0.6 is 11.3 Å². The lowest BCUT2D eigenvalue weighted by atomic mass is 10.2. The van der Waals surface area contributed by atoms with Gasteiger partial charge in [-0.25, -0.2) is 4.98 Å². The third-order valence-electron chi connectivity index (χ3n) is 2.40. The fourth-order valence-electron chi connectivity index (χ4n) is 1.56. The Hall–Kier alpha value is -1.16. The van der Waals surface area contributed by atoms with Crippen LogP contribution in [0.1, 0.15) is 38.2 Å². The van der Waals surface area contributed by atoms with Crippen LogP contribution in [0.15, 0.2) is 16.5 Å². The average Bonchev–Trinajstić information content (AvgIpc) is 3.02. The summed E-state index contributed by atoms with van der Waals surface area (Å²) in [5.41, 5.74) is 2.17. The second kappa shape index (κ2) is 4.14. The lowest BCUT2D eigenvalue weighted by molar-refractivity contribution is 1.12. The monoisotopic (exact) mass is 222 g/mol. The minimum absolute atomic E-state index is 0.0121. The molecule has 0 aliphatic heterocycles. The molecule has 2 heterocycles. The molecule has 0 unspecified atom stereocenters. The molecular weight excluding hydrogens is 208 g/mol. The Bertz CT molecular complexity index is 511. The molecule has 4 heteroatoms. The Balaban J connectivity index is 0.000000404. The fourth-order valence-corrected chi connectivity index (χ4v) is 2.56. The Morgan fingerprint density at radius 1 is 1.47 bits per heavy atom. The van der Waals surface area contributed by atoms with E-state index in [1.165, 1.54) is 36.1 Å². The van der Waals surface area contributed by atoms with Crippen molar-refractivity contribution in [1.82, 2.24) is 9.97 Å². The summed E-state index contributed by atoms with van der Waals surface area (Å²) in [6, 6.07) is 0. The number of rotatable bonds is 1. The molecule has 1 aliphatic rings. The van der Waals surface area contributed by atoms with Crippen molar-refractivity contribution in [2.24, 2.45) is 0 Å². The highest BCUT2D eigenvalue weighted by Gasteiger charge is 2.27. The maximum atomic E-state index is 11.3. The van der Waals surface area contributed by atoms with E-state index < -0.39 is 0 Å². The molecule has 15 heavy (non-hydrogen) atoms. The van der Waals surface area contributed by atoms with Gasteiger partial charge in [0.15, 0.2) is 0 Å². The first-order chi connectivity index (χ1) is 7.36. The third kappa shape index (κ3) is 1.81. The Morgan fingerprint density at radius 3 is 2.87 bits per heavy atom. The molecule has 3 nitrogen and oxygen atoms in total. The number of aromatic amines is 1. The average molecular weight is 222 g/mol. The SMILES string of the molecule is CC.O=c1[nH]cnc2c(C3CC3)csc12. The van der Waals surface area contributed by atoms with Gasteiger partial charge in [-0.05, 0) is 29.7 Å². The van der Waals surface area contributed by atoms with Crippen LogP contribution in [0.2, 0.25) is 0 Å². The maximum absolute atomic E-state index is 11.3. The zero-order valence-electron chi connectivity index (χ0n) is 8.91. The van der Waals surface area contributed by atoms with Crippen molar-refractivity contribution in [3.05, 3.63) is 27.6 Å². The Labute approximate surface area is 92.2 Å². The summed E-state index contributed by atoms with van der Waals surface area (Å²) in [6.45, 7) is 4.00. The molecule has 3 rings (SSSR count). The second-order valence-corrected chi connectivity index (χ2v) is 4.25. The van der Waals surface area contributed by atoms with E-state index in [2.05, 4.69) is 15.3 Å². The summed E-state index contributed by atoms with van der Waals surface area (Å²) in [7, 11) is 0. The number of thiophene rings is 1. The van der Waals surface area contributed by atoms with Crippen molar-refractivity contribution in [3.63, 3.8) is 0 Å². The van der Waals surface area contributed by atoms with Gasteiger partial charge >= 0.3 is 0 Å². The summed E-state index contributed by atoms with van der Waals surface area (Å²) in [4.78, 5) is 18.2. The summed E-state index contributed by atoms with van der Waals surface area (Å²) in [5.74, 6) is 0.669. The smallest absolute Gasteiger partial charge is 0.268 e. The highest BCUT2D eigenvalue weighted by Crippen LogP contribution is 2.43. The van der Waals surface area contributed by atoms with Crippen LogP contribution < -0.4 is 5.56 Å². The number of hydrogen-bond donors (Lipinski definition) is 1. The zero-order chi connectivity index (χ0) is 10.8. The van der Waals surface area contributed by atoms with Gasteiger partial charge in [0.2, 0.25) is 0 Å². The van der Waals surface area contributed by atoms with Crippen molar-refractivity contribution in [3.8, 4) is 0 Å². The van der Waals surface area contributed by atoms with Crippen LogP contribution in [0.25, 0.3) is 10.2 Å². The number of nitrogens with one attached hydrogen (secondary N) is 1. The molecule has 0 amide bonds. The molecule has 2 aromatic heterocycles. The molecule has 2 aromatic rings. The van der Waals surface area contributed by atoms with E-state index in [0.717, 1.165) is 10.2 Å². The minimum Gasteiger partial charge on any atom is -0.312 e. The van der Waals surface area contributed by atoms with E-state index in [9.17, 15) is 4.79 Å². The topological polar surface area (TPSA) is 45.8 Å². The highest BCUT2D eigenvalue weighted by atomic mass is 32.1. The van der Waals surface area contributed by atoms with Crippen LogP contribution in [0.3, 0.4) is 0 Å².